The number of hydrogen-bond donors (Lipinski definition) is 1. The summed E-state index contributed by atoms with van der Waals surface area (Å²) < 4.78 is 9.18. The van der Waals surface area contributed by atoms with Gasteiger partial charge in [-0.25, -0.2) is 9.98 Å². The van der Waals surface area contributed by atoms with Crippen LogP contribution in [0.4, 0.5) is 0 Å². The average molecular weight is 734 g/mol. The van der Waals surface area contributed by atoms with Crippen LogP contribution in [-0.2, 0) is 0 Å². The third kappa shape index (κ3) is 4.84. The largest absolute Gasteiger partial charge is 0.456 e. The van der Waals surface area contributed by atoms with Crippen LogP contribution < -0.4 is 5.32 Å². The standard InChI is InChI=1S/C51H31N3OS/c1-2-11-30(12-3-1)49-52-50(54-51(53-49)33-22-25-41-40-17-8-9-20-46(40)56-47(41)29-33)32-23-26-42-45(28-32)55-44-19-10-18-34(48(42)44)31-21-24-39-37-15-5-4-13-35(37)36-14-6-7-16-38(36)43(39)27-31/h1-29,50H,(H,52,53,54). The molecule has 0 fully saturated rings. The molecule has 2 aromatic heterocycles. The van der Waals surface area contributed by atoms with Crippen LogP contribution in [0.25, 0.3) is 85.6 Å². The molecule has 1 aliphatic rings. The molecule has 262 valence electrons. The summed E-state index contributed by atoms with van der Waals surface area (Å²) in [6, 6.07) is 62.7. The van der Waals surface area contributed by atoms with Crippen molar-refractivity contribution < 1.29 is 4.42 Å². The number of rotatable bonds is 4. The van der Waals surface area contributed by atoms with Crippen LogP contribution in [0, 0.1) is 0 Å². The first-order valence-corrected chi connectivity index (χ1v) is 19.7. The Labute approximate surface area is 325 Å². The molecule has 11 aromatic rings. The first kappa shape index (κ1) is 31.3. The van der Waals surface area contributed by atoms with Crippen LogP contribution in [0.3, 0.4) is 0 Å². The first-order chi connectivity index (χ1) is 27.7. The molecule has 12 rings (SSSR count). The lowest BCUT2D eigenvalue weighted by atomic mass is 9.91. The van der Waals surface area contributed by atoms with Crippen molar-refractivity contribution in [2.75, 3.05) is 0 Å². The molecule has 5 heteroatoms. The third-order valence-electron chi connectivity index (χ3n) is 11.3. The summed E-state index contributed by atoms with van der Waals surface area (Å²) in [5.41, 5.74) is 7.02. The fourth-order valence-electron chi connectivity index (χ4n) is 8.68. The number of fused-ring (bicyclic) bond motifs is 12. The fraction of sp³-hybridized carbons (Fsp3) is 0.0196. The second kappa shape index (κ2) is 12.2. The van der Waals surface area contributed by atoms with E-state index in [1.165, 1.54) is 52.5 Å². The molecule has 0 saturated carbocycles. The summed E-state index contributed by atoms with van der Waals surface area (Å²) in [7, 11) is 0. The van der Waals surface area contributed by atoms with Gasteiger partial charge in [-0.3, -0.25) is 0 Å². The highest BCUT2D eigenvalue weighted by atomic mass is 32.1. The lowest BCUT2D eigenvalue weighted by molar-refractivity contribution is 0.655. The van der Waals surface area contributed by atoms with Crippen molar-refractivity contribution in [3.63, 3.8) is 0 Å². The van der Waals surface area contributed by atoms with E-state index in [0.29, 0.717) is 5.84 Å². The molecule has 0 saturated heterocycles. The Bertz CT molecular complexity index is 3430. The smallest absolute Gasteiger partial charge is 0.159 e. The second-order valence-corrected chi connectivity index (χ2v) is 15.6. The number of nitrogens with zero attached hydrogens (tertiary/aromatic N) is 2. The number of aliphatic imine (C=N–C) groups is 2. The summed E-state index contributed by atoms with van der Waals surface area (Å²) in [4.78, 5) is 10.3. The lowest BCUT2D eigenvalue weighted by Gasteiger charge is -2.23. The molecule has 4 nitrogen and oxygen atoms in total. The van der Waals surface area contributed by atoms with E-state index in [1.807, 2.05) is 29.5 Å². The van der Waals surface area contributed by atoms with E-state index >= 15 is 0 Å². The quantitative estimate of drug-likeness (QED) is 0.183. The molecule has 56 heavy (non-hydrogen) atoms. The van der Waals surface area contributed by atoms with E-state index in [9.17, 15) is 0 Å². The highest BCUT2D eigenvalue weighted by Crippen LogP contribution is 2.42. The average Bonchev–Trinajstić information content (AvgIpc) is 3.84. The summed E-state index contributed by atoms with van der Waals surface area (Å²) in [5.74, 6) is 1.50. The summed E-state index contributed by atoms with van der Waals surface area (Å²) in [6.07, 6.45) is -0.364. The maximum Gasteiger partial charge on any atom is 0.159 e. The lowest BCUT2D eigenvalue weighted by Crippen LogP contribution is -2.33. The zero-order valence-corrected chi connectivity index (χ0v) is 30.8. The summed E-state index contributed by atoms with van der Waals surface area (Å²) >= 11 is 1.81. The molecule has 1 N–H and O–H groups in total. The molecular formula is C51H31N3OS. The maximum absolute atomic E-state index is 6.66. The molecule has 0 amide bonds. The van der Waals surface area contributed by atoms with E-state index < -0.39 is 0 Å². The van der Waals surface area contributed by atoms with Crippen molar-refractivity contribution in [2.45, 2.75) is 6.17 Å². The van der Waals surface area contributed by atoms with Crippen molar-refractivity contribution in [1.29, 1.82) is 0 Å². The topological polar surface area (TPSA) is 49.9 Å². The minimum absolute atomic E-state index is 0.364. The monoisotopic (exact) mass is 733 g/mol. The van der Waals surface area contributed by atoms with Gasteiger partial charge in [-0.05, 0) is 73.8 Å². The van der Waals surface area contributed by atoms with E-state index in [2.05, 4.69) is 163 Å². The van der Waals surface area contributed by atoms with Crippen molar-refractivity contribution in [2.24, 2.45) is 9.98 Å². The van der Waals surface area contributed by atoms with Gasteiger partial charge >= 0.3 is 0 Å². The van der Waals surface area contributed by atoms with Gasteiger partial charge in [0.15, 0.2) is 5.84 Å². The molecule has 1 atom stereocenters. The summed E-state index contributed by atoms with van der Waals surface area (Å²) in [6.45, 7) is 0. The van der Waals surface area contributed by atoms with Gasteiger partial charge < -0.3 is 9.73 Å². The Hall–Kier alpha value is -7.08. The van der Waals surface area contributed by atoms with Crippen LogP contribution in [-0.4, -0.2) is 11.7 Å². The second-order valence-electron chi connectivity index (χ2n) is 14.5. The molecule has 0 bridgehead atoms. The van der Waals surface area contributed by atoms with E-state index in [4.69, 9.17) is 14.4 Å². The highest BCUT2D eigenvalue weighted by Gasteiger charge is 2.23. The molecule has 0 aliphatic carbocycles. The van der Waals surface area contributed by atoms with Crippen LogP contribution in [0.1, 0.15) is 22.9 Å². The fourth-order valence-corrected chi connectivity index (χ4v) is 9.83. The molecular weight excluding hydrogens is 703 g/mol. The van der Waals surface area contributed by atoms with Gasteiger partial charge in [-0.2, -0.15) is 0 Å². The first-order valence-electron chi connectivity index (χ1n) is 18.9. The predicted octanol–water partition coefficient (Wildman–Crippen LogP) is 13.6. The van der Waals surface area contributed by atoms with Crippen LogP contribution >= 0.6 is 11.3 Å². The number of benzene rings is 9. The number of thiophene rings is 1. The third-order valence-corrected chi connectivity index (χ3v) is 12.5. The van der Waals surface area contributed by atoms with Gasteiger partial charge in [-0.1, -0.05) is 146 Å². The van der Waals surface area contributed by atoms with Crippen molar-refractivity contribution >= 4 is 97.4 Å². The predicted molar refractivity (Wildman–Crippen MR) is 236 cm³/mol. The molecule has 0 radical (unpaired) electrons. The Balaban J connectivity index is 0.971. The van der Waals surface area contributed by atoms with Gasteiger partial charge in [0, 0.05) is 47.6 Å². The zero-order chi connectivity index (χ0) is 36.7. The molecule has 3 heterocycles. The van der Waals surface area contributed by atoms with Gasteiger partial charge in [0.25, 0.3) is 0 Å². The van der Waals surface area contributed by atoms with E-state index in [-0.39, 0.29) is 6.17 Å². The van der Waals surface area contributed by atoms with Gasteiger partial charge in [0.1, 0.15) is 23.2 Å². The number of furan rings is 1. The SMILES string of the molecule is c1ccc(C2=NC(c3ccc4c(c3)oc3cccc(-c5ccc6c7ccccc7c7ccccc7c6c5)c34)NC(c3ccc4c(c3)sc3ccccc34)=N2)cc1. The zero-order valence-electron chi connectivity index (χ0n) is 30.0. The van der Waals surface area contributed by atoms with Gasteiger partial charge in [-0.15, -0.1) is 11.3 Å². The Morgan fingerprint density at radius 2 is 1.09 bits per heavy atom. The van der Waals surface area contributed by atoms with E-state index in [0.717, 1.165) is 55.6 Å². The van der Waals surface area contributed by atoms with Crippen molar-refractivity contribution in [3.05, 3.63) is 193 Å². The number of amidine groups is 2. The Morgan fingerprint density at radius 3 is 1.89 bits per heavy atom. The van der Waals surface area contributed by atoms with Crippen molar-refractivity contribution in [1.82, 2.24) is 5.32 Å². The molecule has 1 unspecified atom stereocenters. The highest BCUT2D eigenvalue weighted by molar-refractivity contribution is 7.25. The molecule has 1 aliphatic heterocycles. The van der Waals surface area contributed by atoms with E-state index in [1.54, 1.807) is 0 Å². The normalized spacial score (nSPS) is 14.6. The molecule has 0 spiro atoms. The Morgan fingerprint density at radius 1 is 0.446 bits per heavy atom. The summed E-state index contributed by atoms with van der Waals surface area (Å²) in [5, 5.41) is 16.0. The molecule has 9 aromatic carbocycles. The number of hydrogen-bond acceptors (Lipinski definition) is 5. The van der Waals surface area contributed by atoms with Crippen LogP contribution in [0.2, 0.25) is 0 Å². The minimum atomic E-state index is -0.364. The van der Waals surface area contributed by atoms with Gasteiger partial charge in [0.2, 0.25) is 0 Å². The van der Waals surface area contributed by atoms with Crippen LogP contribution in [0.5, 0.6) is 0 Å². The Kier molecular flexibility index (Phi) is 6.83. The van der Waals surface area contributed by atoms with Crippen molar-refractivity contribution in [3.8, 4) is 11.1 Å². The van der Waals surface area contributed by atoms with Gasteiger partial charge in [0.05, 0.1) is 0 Å². The number of nitrogens with one attached hydrogen (secondary N) is 1. The minimum Gasteiger partial charge on any atom is -0.456 e. The maximum atomic E-state index is 6.66. The van der Waals surface area contributed by atoms with Crippen LogP contribution in [0.15, 0.2) is 190 Å².